The van der Waals surface area contributed by atoms with E-state index in [0.717, 1.165) is 5.69 Å². The third kappa shape index (κ3) is 2.66. The Hall–Kier alpha value is -1.16. The molecule has 1 rings (SSSR count). The van der Waals surface area contributed by atoms with Gasteiger partial charge in [-0.1, -0.05) is 6.08 Å². The highest BCUT2D eigenvalue weighted by Crippen LogP contribution is 2.14. The summed E-state index contributed by atoms with van der Waals surface area (Å²) in [4.78, 5) is 15.5. The zero-order valence-corrected chi connectivity index (χ0v) is 8.73. The van der Waals surface area contributed by atoms with Gasteiger partial charge in [0, 0.05) is 11.0 Å². The fraction of sp³-hybridized carbons (Fsp3) is 0.333. The zero-order valence-electron chi connectivity index (χ0n) is 7.92. The molecule has 0 saturated carbocycles. The van der Waals surface area contributed by atoms with Crippen molar-refractivity contribution in [1.82, 2.24) is 4.98 Å². The van der Waals surface area contributed by atoms with Crippen LogP contribution in [0.4, 0.5) is 5.13 Å². The quantitative estimate of drug-likeness (QED) is 0.738. The van der Waals surface area contributed by atoms with E-state index >= 15 is 0 Å². The summed E-state index contributed by atoms with van der Waals surface area (Å²) in [6.07, 6.45) is 1.77. The Morgan fingerprint density at radius 3 is 2.85 bits per heavy atom. The molecule has 13 heavy (non-hydrogen) atoms. The van der Waals surface area contributed by atoms with Gasteiger partial charge in [-0.05, 0) is 20.8 Å². The molecule has 1 amide bonds. The average Bonchev–Trinajstić information content (AvgIpc) is 2.49. The molecule has 1 heterocycles. The van der Waals surface area contributed by atoms with Gasteiger partial charge in [-0.25, -0.2) is 4.98 Å². The lowest BCUT2D eigenvalue weighted by molar-refractivity contribution is -0.112. The van der Waals surface area contributed by atoms with Crippen LogP contribution in [0.25, 0.3) is 0 Å². The first kappa shape index (κ1) is 9.92. The largest absolute Gasteiger partial charge is 0.298 e. The molecule has 0 aliphatic rings. The second kappa shape index (κ2) is 4.18. The normalized spacial score (nSPS) is 11.5. The minimum absolute atomic E-state index is 0.0862. The monoisotopic (exact) mass is 196 g/mol. The third-order valence-corrected chi connectivity index (χ3v) is 2.51. The van der Waals surface area contributed by atoms with Gasteiger partial charge in [0.05, 0.1) is 5.69 Å². The highest BCUT2D eigenvalue weighted by atomic mass is 32.1. The maximum absolute atomic E-state index is 11.3. The Labute approximate surface area is 81.5 Å². The topological polar surface area (TPSA) is 42.0 Å². The predicted octanol–water partition coefficient (Wildman–Crippen LogP) is 2.36. The molecule has 0 atom stereocenters. The fourth-order valence-electron chi connectivity index (χ4n) is 0.738. The maximum atomic E-state index is 11.3. The van der Waals surface area contributed by atoms with Crippen LogP contribution in [0.3, 0.4) is 0 Å². The van der Waals surface area contributed by atoms with Gasteiger partial charge in [-0.2, -0.15) is 0 Å². The first-order valence-corrected chi connectivity index (χ1v) is 4.88. The van der Waals surface area contributed by atoms with E-state index in [1.807, 2.05) is 19.2 Å². The Kier molecular flexibility index (Phi) is 3.19. The second-order valence-electron chi connectivity index (χ2n) is 2.72. The summed E-state index contributed by atoms with van der Waals surface area (Å²) in [7, 11) is 0. The van der Waals surface area contributed by atoms with Gasteiger partial charge in [0.25, 0.3) is 5.91 Å². The summed E-state index contributed by atoms with van der Waals surface area (Å²) in [5.74, 6) is -0.0862. The van der Waals surface area contributed by atoms with Crippen molar-refractivity contribution in [2.45, 2.75) is 20.8 Å². The molecule has 0 spiro atoms. The van der Waals surface area contributed by atoms with Crippen molar-refractivity contribution in [1.29, 1.82) is 0 Å². The number of nitrogens with zero attached hydrogens (tertiary/aromatic N) is 1. The number of amides is 1. The van der Waals surface area contributed by atoms with Crippen molar-refractivity contribution < 1.29 is 4.79 Å². The number of carbonyl (C=O) groups excluding carboxylic acids is 1. The highest BCUT2D eigenvalue weighted by Gasteiger charge is 2.05. The molecule has 4 heteroatoms. The number of allylic oxidation sites excluding steroid dienone is 1. The highest BCUT2D eigenvalue weighted by molar-refractivity contribution is 7.13. The Bertz CT molecular complexity index is 341. The number of hydrogen-bond donors (Lipinski definition) is 1. The summed E-state index contributed by atoms with van der Waals surface area (Å²) < 4.78 is 0. The summed E-state index contributed by atoms with van der Waals surface area (Å²) in [6.45, 7) is 5.51. The SMILES string of the molecule is C/C=C(/C)C(=O)Nc1nc(C)cs1. The number of aryl methyl sites for hydroxylation is 1. The molecule has 0 unspecified atom stereocenters. The van der Waals surface area contributed by atoms with Crippen molar-refractivity contribution in [3.63, 3.8) is 0 Å². The molecule has 1 N–H and O–H groups in total. The molecule has 0 aliphatic carbocycles. The van der Waals surface area contributed by atoms with Crippen LogP contribution in [0.1, 0.15) is 19.5 Å². The van der Waals surface area contributed by atoms with Crippen LogP contribution in [0.2, 0.25) is 0 Å². The summed E-state index contributed by atoms with van der Waals surface area (Å²) in [5, 5.41) is 5.27. The van der Waals surface area contributed by atoms with Crippen molar-refractivity contribution in [3.8, 4) is 0 Å². The number of aromatic nitrogens is 1. The molecule has 0 radical (unpaired) electrons. The molecule has 1 aromatic heterocycles. The number of thiazole rings is 1. The van der Waals surface area contributed by atoms with Gasteiger partial charge in [0.15, 0.2) is 5.13 Å². The number of anilines is 1. The van der Waals surface area contributed by atoms with Gasteiger partial charge in [-0.15, -0.1) is 11.3 Å². The van der Waals surface area contributed by atoms with Gasteiger partial charge >= 0.3 is 0 Å². The van der Waals surface area contributed by atoms with Crippen molar-refractivity contribution in [2.24, 2.45) is 0 Å². The summed E-state index contributed by atoms with van der Waals surface area (Å²) >= 11 is 1.44. The molecule has 1 aromatic rings. The number of carbonyl (C=O) groups is 1. The first-order chi connectivity index (χ1) is 6.13. The second-order valence-corrected chi connectivity index (χ2v) is 3.58. The van der Waals surface area contributed by atoms with E-state index in [1.165, 1.54) is 11.3 Å². The molecule has 3 nitrogen and oxygen atoms in total. The van der Waals surface area contributed by atoms with Crippen molar-refractivity contribution in [3.05, 3.63) is 22.7 Å². The van der Waals surface area contributed by atoms with Gasteiger partial charge in [-0.3, -0.25) is 10.1 Å². The van der Waals surface area contributed by atoms with E-state index in [1.54, 1.807) is 13.0 Å². The summed E-state index contributed by atoms with van der Waals surface area (Å²) in [6, 6.07) is 0. The molecule has 70 valence electrons. The average molecular weight is 196 g/mol. The van der Waals surface area contributed by atoms with E-state index in [4.69, 9.17) is 0 Å². The van der Waals surface area contributed by atoms with Crippen LogP contribution >= 0.6 is 11.3 Å². The van der Waals surface area contributed by atoms with Crippen LogP contribution in [0, 0.1) is 6.92 Å². The van der Waals surface area contributed by atoms with Crippen molar-refractivity contribution >= 4 is 22.4 Å². The van der Waals surface area contributed by atoms with Crippen LogP contribution in [0.5, 0.6) is 0 Å². The Balaban J connectivity index is 2.65. The lowest BCUT2D eigenvalue weighted by Gasteiger charge is -1.99. The number of rotatable bonds is 2. The van der Waals surface area contributed by atoms with E-state index in [9.17, 15) is 4.79 Å². The van der Waals surface area contributed by atoms with E-state index < -0.39 is 0 Å². The van der Waals surface area contributed by atoms with E-state index in [2.05, 4.69) is 10.3 Å². The standard InChI is InChI=1S/C9H12N2OS/c1-4-6(2)8(12)11-9-10-7(3)5-13-9/h4-5H,1-3H3,(H,10,11,12)/b6-4-. The lowest BCUT2D eigenvalue weighted by atomic mass is 10.3. The third-order valence-electron chi connectivity index (χ3n) is 1.63. The van der Waals surface area contributed by atoms with Gasteiger partial charge < -0.3 is 0 Å². The van der Waals surface area contributed by atoms with Crippen molar-refractivity contribution in [2.75, 3.05) is 5.32 Å². The molecule has 0 aliphatic heterocycles. The molecule has 0 bridgehead atoms. The van der Waals surface area contributed by atoms with Crippen LogP contribution in [-0.4, -0.2) is 10.9 Å². The molecule has 0 aromatic carbocycles. The predicted molar refractivity (Wildman–Crippen MR) is 54.9 cm³/mol. The lowest BCUT2D eigenvalue weighted by Crippen LogP contribution is -2.12. The van der Waals surface area contributed by atoms with E-state index in [-0.39, 0.29) is 5.91 Å². The fourth-order valence-corrected chi connectivity index (χ4v) is 1.42. The minimum Gasteiger partial charge on any atom is -0.298 e. The smallest absolute Gasteiger partial charge is 0.252 e. The van der Waals surface area contributed by atoms with Crippen LogP contribution < -0.4 is 5.32 Å². The maximum Gasteiger partial charge on any atom is 0.252 e. The zero-order chi connectivity index (χ0) is 9.84. The molecule has 0 fully saturated rings. The molecular formula is C9H12N2OS. The first-order valence-electron chi connectivity index (χ1n) is 4.00. The Morgan fingerprint density at radius 1 is 1.69 bits per heavy atom. The Morgan fingerprint density at radius 2 is 2.38 bits per heavy atom. The molecular weight excluding hydrogens is 184 g/mol. The summed E-state index contributed by atoms with van der Waals surface area (Å²) in [5.41, 5.74) is 1.63. The number of hydrogen-bond acceptors (Lipinski definition) is 3. The number of nitrogens with one attached hydrogen (secondary N) is 1. The minimum atomic E-state index is -0.0862. The van der Waals surface area contributed by atoms with Crippen LogP contribution in [0.15, 0.2) is 17.0 Å². The van der Waals surface area contributed by atoms with E-state index in [0.29, 0.717) is 10.7 Å². The van der Waals surface area contributed by atoms with Gasteiger partial charge in [0.1, 0.15) is 0 Å². The van der Waals surface area contributed by atoms with Gasteiger partial charge in [0.2, 0.25) is 0 Å². The molecule has 0 saturated heterocycles. The van der Waals surface area contributed by atoms with Crippen LogP contribution in [-0.2, 0) is 4.79 Å².